The minimum absolute atomic E-state index is 0.127. The molecule has 5 nitrogen and oxygen atoms in total. The Labute approximate surface area is 115 Å². The van der Waals surface area contributed by atoms with Crippen LogP contribution in [0.2, 0.25) is 0 Å². The van der Waals surface area contributed by atoms with Gasteiger partial charge < -0.3 is 15.7 Å². The average Bonchev–Trinajstić information content (AvgIpc) is 2.50. The van der Waals surface area contributed by atoms with Gasteiger partial charge in [-0.2, -0.15) is 0 Å². The van der Waals surface area contributed by atoms with Gasteiger partial charge in [-0.05, 0) is 31.1 Å². The highest BCUT2D eigenvalue weighted by molar-refractivity contribution is 5.82. The summed E-state index contributed by atoms with van der Waals surface area (Å²) >= 11 is 0. The number of carboxylic acids is 1. The van der Waals surface area contributed by atoms with Crippen LogP contribution in [0.4, 0.5) is 4.79 Å². The van der Waals surface area contributed by atoms with Crippen molar-refractivity contribution >= 4 is 12.0 Å². The first-order valence-electron chi connectivity index (χ1n) is 7.20. The highest BCUT2D eigenvalue weighted by Crippen LogP contribution is 2.22. The minimum Gasteiger partial charge on any atom is -0.480 e. The Morgan fingerprint density at radius 2 is 1.84 bits per heavy atom. The zero-order valence-electron chi connectivity index (χ0n) is 12.1. The van der Waals surface area contributed by atoms with Crippen LogP contribution in [0.15, 0.2) is 0 Å². The summed E-state index contributed by atoms with van der Waals surface area (Å²) in [5, 5.41) is 14.5. The smallest absolute Gasteiger partial charge is 0.326 e. The number of urea groups is 1. The second kappa shape index (κ2) is 7.36. The predicted octanol–water partition coefficient (Wildman–Crippen LogP) is 2.36. The SMILES string of the molecule is CC1CCCC(NC(=O)NC(C(=O)O)C(C)C)CC1. The molecule has 0 bridgehead atoms. The van der Waals surface area contributed by atoms with Crippen molar-refractivity contribution in [1.29, 1.82) is 0 Å². The predicted molar refractivity (Wildman–Crippen MR) is 74.0 cm³/mol. The molecule has 0 aromatic carbocycles. The minimum atomic E-state index is -0.986. The Balaban J connectivity index is 2.43. The lowest BCUT2D eigenvalue weighted by Gasteiger charge is -2.21. The molecule has 1 rings (SSSR count). The van der Waals surface area contributed by atoms with Gasteiger partial charge >= 0.3 is 12.0 Å². The van der Waals surface area contributed by atoms with Gasteiger partial charge in [0.15, 0.2) is 0 Å². The van der Waals surface area contributed by atoms with E-state index in [0.717, 1.165) is 31.6 Å². The van der Waals surface area contributed by atoms with Crippen molar-refractivity contribution in [2.45, 2.75) is 65.0 Å². The molecule has 5 heteroatoms. The third-order valence-electron chi connectivity index (χ3n) is 3.81. The second-order valence-corrected chi connectivity index (χ2v) is 5.99. The van der Waals surface area contributed by atoms with E-state index in [9.17, 15) is 9.59 Å². The number of hydrogen-bond donors (Lipinski definition) is 3. The topological polar surface area (TPSA) is 78.4 Å². The van der Waals surface area contributed by atoms with Crippen molar-refractivity contribution < 1.29 is 14.7 Å². The van der Waals surface area contributed by atoms with Crippen LogP contribution in [0, 0.1) is 11.8 Å². The van der Waals surface area contributed by atoms with Crippen LogP contribution >= 0.6 is 0 Å². The van der Waals surface area contributed by atoms with E-state index in [1.54, 1.807) is 13.8 Å². The normalized spacial score (nSPS) is 25.5. The fraction of sp³-hybridized carbons (Fsp3) is 0.857. The number of carbonyl (C=O) groups is 2. The summed E-state index contributed by atoms with van der Waals surface area (Å²) in [6.45, 7) is 5.81. The van der Waals surface area contributed by atoms with Crippen molar-refractivity contribution in [3.8, 4) is 0 Å². The summed E-state index contributed by atoms with van der Waals surface area (Å²) in [6.07, 6.45) is 5.42. The van der Waals surface area contributed by atoms with E-state index in [0.29, 0.717) is 0 Å². The number of carboxylic acid groups (broad SMARTS) is 1. The molecule has 0 saturated heterocycles. The fourth-order valence-corrected chi connectivity index (χ4v) is 2.51. The van der Waals surface area contributed by atoms with Gasteiger partial charge in [0.1, 0.15) is 6.04 Å². The number of carbonyl (C=O) groups excluding carboxylic acids is 1. The molecule has 2 amide bonds. The maximum atomic E-state index is 11.8. The van der Waals surface area contributed by atoms with Crippen LogP contribution < -0.4 is 10.6 Å². The molecule has 0 aliphatic heterocycles. The van der Waals surface area contributed by atoms with Crippen molar-refractivity contribution in [1.82, 2.24) is 10.6 Å². The summed E-state index contributed by atoms with van der Waals surface area (Å²) < 4.78 is 0. The van der Waals surface area contributed by atoms with Gasteiger partial charge in [-0.3, -0.25) is 0 Å². The van der Waals surface area contributed by atoms with E-state index in [-0.39, 0.29) is 18.0 Å². The van der Waals surface area contributed by atoms with E-state index >= 15 is 0 Å². The van der Waals surface area contributed by atoms with Crippen LogP contribution in [0.3, 0.4) is 0 Å². The summed E-state index contributed by atoms with van der Waals surface area (Å²) in [5.74, 6) is -0.394. The quantitative estimate of drug-likeness (QED) is 0.686. The molecule has 0 aromatic rings. The molecule has 110 valence electrons. The first-order valence-corrected chi connectivity index (χ1v) is 7.20. The lowest BCUT2D eigenvalue weighted by molar-refractivity contribution is -0.140. The Hall–Kier alpha value is -1.26. The van der Waals surface area contributed by atoms with Crippen LogP contribution in [0.25, 0.3) is 0 Å². The van der Waals surface area contributed by atoms with Gasteiger partial charge in [0.2, 0.25) is 0 Å². The van der Waals surface area contributed by atoms with E-state index in [4.69, 9.17) is 5.11 Å². The van der Waals surface area contributed by atoms with Crippen molar-refractivity contribution in [2.24, 2.45) is 11.8 Å². The molecule has 3 unspecified atom stereocenters. The van der Waals surface area contributed by atoms with E-state index in [1.165, 1.54) is 6.42 Å². The zero-order valence-corrected chi connectivity index (χ0v) is 12.1. The van der Waals surface area contributed by atoms with Gasteiger partial charge in [-0.25, -0.2) is 9.59 Å². The summed E-state index contributed by atoms with van der Waals surface area (Å²) in [7, 11) is 0. The van der Waals surface area contributed by atoms with Crippen LogP contribution in [0.1, 0.15) is 52.9 Å². The molecule has 3 atom stereocenters. The molecule has 1 fully saturated rings. The number of aliphatic carboxylic acids is 1. The number of rotatable bonds is 4. The lowest BCUT2D eigenvalue weighted by Crippen LogP contribution is -2.50. The number of amides is 2. The first kappa shape index (κ1) is 15.8. The third kappa shape index (κ3) is 5.49. The molecular formula is C14H26N2O3. The van der Waals surface area contributed by atoms with E-state index in [2.05, 4.69) is 17.6 Å². The molecule has 0 radical (unpaired) electrons. The number of nitrogens with one attached hydrogen (secondary N) is 2. The van der Waals surface area contributed by atoms with Gasteiger partial charge in [0, 0.05) is 6.04 Å². The van der Waals surface area contributed by atoms with Crippen LogP contribution in [0.5, 0.6) is 0 Å². The molecule has 0 heterocycles. The molecule has 0 aromatic heterocycles. The Bertz CT molecular complexity index is 318. The highest BCUT2D eigenvalue weighted by Gasteiger charge is 2.25. The summed E-state index contributed by atoms with van der Waals surface area (Å²) in [6, 6.07) is -1.02. The molecule has 1 aliphatic rings. The van der Waals surface area contributed by atoms with Gasteiger partial charge in [-0.1, -0.05) is 33.6 Å². The van der Waals surface area contributed by atoms with Crippen LogP contribution in [-0.4, -0.2) is 29.2 Å². The lowest BCUT2D eigenvalue weighted by atomic mass is 10.0. The van der Waals surface area contributed by atoms with Gasteiger partial charge in [0.05, 0.1) is 0 Å². The molecule has 19 heavy (non-hydrogen) atoms. The molecule has 1 aliphatic carbocycles. The Morgan fingerprint density at radius 3 is 2.42 bits per heavy atom. The van der Waals surface area contributed by atoms with Gasteiger partial charge in [-0.15, -0.1) is 0 Å². The maximum Gasteiger partial charge on any atom is 0.326 e. The zero-order chi connectivity index (χ0) is 14.4. The molecule has 3 N–H and O–H groups in total. The van der Waals surface area contributed by atoms with Crippen molar-refractivity contribution in [3.63, 3.8) is 0 Å². The first-order chi connectivity index (χ1) is 8.90. The highest BCUT2D eigenvalue weighted by atomic mass is 16.4. The Morgan fingerprint density at radius 1 is 1.16 bits per heavy atom. The average molecular weight is 270 g/mol. The van der Waals surface area contributed by atoms with Crippen molar-refractivity contribution in [2.75, 3.05) is 0 Å². The number of hydrogen-bond acceptors (Lipinski definition) is 2. The van der Waals surface area contributed by atoms with Crippen molar-refractivity contribution in [3.05, 3.63) is 0 Å². The summed E-state index contributed by atoms with van der Waals surface area (Å²) in [5.41, 5.74) is 0. The third-order valence-corrected chi connectivity index (χ3v) is 3.81. The molecular weight excluding hydrogens is 244 g/mol. The Kier molecular flexibility index (Phi) is 6.12. The standard InChI is InChI=1S/C14H26N2O3/c1-9(2)12(13(17)18)16-14(19)15-11-6-4-5-10(3)7-8-11/h9-12H,4-8H2,1-3H3,(H,17,18)(H2,15,16,19). The molecule has 0 spiro atoms. The van der Waals surface area contributed by atoms with E-state index < -0.39 is 12.0 Å². The maximum absolute atomic E-state index is 11.8. The second-order valence-electron chi connectivity index (χ2n) is 5.99. The van der Waals surface area contributed by atoms with Gasteiger partial charge in [0.25, 0.3) is 0 Å². The van der Waals surface area contributed by atoms with E-state index in [1.807, 2.05) is 0 Å². The largest absolute Gasteiger partial charge is 0.480 e. The monoisotopic (exact) mass is 270 g/mol. The van der Waals surface area contributed by atoms with Crippen LogP contribution in [-0.2, 0) is 4.79 Å². The fourth-order valence-electron chi connectivity index (χ4n) is 2.51. The summed E-state index contributed by atoms with van der Waals surface area (Å²) in [4.78, 5) is 22.9. The molecule has 1 saturated carbocycles.